The molecule has 14 heavy (non-hydrogen) atoms. The van der Waals surface area contributed by atoms with Gasteiger partial charge in [0.25, 0.3) is 0 Å². The van der Waals surface area contributed by atoms with Gasteiger partial charge in [-0.05, 0) is 14.1 Å². The first-order valence-electron chi connectivity index (χ1n) is 4.65. The molecule has 0 saturated carbocycles. The number of nitrogen functional groups attached to an aromatic ring is 1. The van der Waals surface area contributed by atoms with E-state index in [2.05, 4.69) is 33.9 Å². The lowest BCUT2D eigenvalue weighted by Crippen LogP contribution is -2.58. The van der Waals surface area contributed by atoms with Crippen LogP contribution in [0.25, 0.3) is 0 Å². The number of nitrogens with zero attached hydrogens (tertiary/aromatic N) is 4. The first-order chi connectivity index (χ1) is 6.66. The molecule has 0 radical (unpaired) electrons. The molecule has 1 fully saturated rings. The van der Waals surface area contributed by atoms with Crippen LogP contribution in [-0.4, -0.2) is 48.1 Å². The van der Waals surface area contributed by atoms with Crippen LogP contribution in [-0.2, 0) is 0 Å². The van der Waals surface area contributed by atoms with E-state index in [-0.39, 0.29) is 0 Å². The summed E-state index contributed by atoms with van der Waals surface area (Å²) in [7, 11) is 4.18. The van der Waals surface area contributed by atoms with E-state index in [0.717, 1.165) is 19.0 Å². The van der Waals surface area contributed by atoms with Gasteiger partial charge in [0.05, 0.1) is 18.1 Å². The fraction of sp³-hybridized carbons (Fsp3) is 0.556. The van der Waals surface area contributed by atoms with Crippen LogP contribution in [0.5, 0.6) is 0 Å². The highest BCUT2D eigenvalue weighted by molar-refractivity contribution is 5.40. The van der Waals surface area contributed by atoms with Gasteiger partial charge in [-0.2, -0.15) is 0 Å². The quantitative estimate of drug-likeness (QED) is 0.705. The maximum atomic E-state index is 5.51. The summed E-state index contributed by atoms with van der Waals surface area (Å²) in [5, 5.41) is 0. The van der Waals surface area contributed by atoms with E-state index in [4.69, 9.17) is 5.73 Å². The summed E-state index contributed by atoms with van der Waals surface area (Å²) in [6.07, 6.45) is 3.29. The number of rotatable bonds is 2. The zero-order valence-corrected chi connectivity index (χ0v) is 8.51. The molecule has 1 saturated heterocycles. The van der Waals surface area contributed by atoms with Crippen LogP contribution < -0.4 is 10.6 Å². The number of anilines is 2. The van der Waals surface area contributed by atoms with Crippen LogP contribution in [0, 0.1) is 0 Å². The first kappa shape index (κ1) is 9.21. The Morgan fingerprint density at radius 3 is 2.43 bits per heavy atom. The summed E-state index contributed by atoms with van der Waals surface area (Å²) in [6.45, 7) is 1.99. The molecule has 2 heterocycles. The average molecular weight is 193 g/mol. The summed E-state index contributed by atoms with van der Waals surface area (Å²) in [6, 6.07) is 0.621. The van der Waals surface area contributed by atoms with E-state index in [0.29, 0.717) is 11.7 Å². The molecule has 0 amide bonds. The van der Waals surface area contributed by atoms with Gasteiger partial charge in [0.2, 0.25) is 5.95 Å². The van der Waals surface area contributed by atoms with Gasteiger partial charge >= 0.3 is 0 Å². The highest BCUT2D eigenvalue weighted by Crippen LogP contribution is 2.18. The van der Waals surface area contributed by atoms with Crippen LogP contribution in [0.2, 0.25) is 0 Å². The normalized spacial score (nSPS) is 17.2. The SMILES string of the molecule is CN(C)C1CN(c2ncc(N)cn2)C1. The molecule has 0 aromatic carbocycles. The Bertz CT molecular complexity index is 301. The van der Waals surface area contributed by atoms with Gasteiger partial charge in [-0.1, -0.05) is 0 Å². The standard InChI is InChI=1S/C9H15N5/c1-13(2)8-5-14(6-8)9-11-3-7(10)4-12-9/h3-4,8H,5-6,10H2,1-2H3. The summed E-state index contributed by atoms with van der Waals surface area (Å²) in [5.41, 5.74) is 6.12. The second-order valence-electron chi connectivity index (χ2n) is 3.84. The van der Waals surface area contributed by atoms with Crippen molar-refractivity contribution in [2.75, 3.05) is 37.8 Å². The second-order valence-corrected chi connectivity index (χ2v) is 3.84. The minimum atomic E-state index is 0.610. The zero-order chi connectivity index (χ0) is 10.1. The van der Waals surface area contributed by atoms with E-state index in [1.807, 2.05) is 0 Å². The highest BCUT2D eigenvalue weighted by Gasteiger charge is 2.29. The van der Waals surface area contributed by atoms with Crippen molar-refractivity contribution in [1.29, 1.82) is 0 Å². The molecule has 0 aliphatic carbocycles. The molecule has 1 aromatic heterocycles. The smallest absolute Gasteiger partial charge is 0.225 e. The lowest BCUT2D eigenvalue weighted by Gasteiger charge is -2.42. The number of aromatic nitrogens is 2. The summed E-state index contributed by atoms with van der Waals surface area (Å²) in [4.78, 5) is 12.7. The molecule has 1 aromatic rings. The van der Waals surface area contributed by atoms with Crippen LogP contribution in [0.1, 0.15) is 0 Å². The summed E-state index contributed by atoms with van der Waals surface area (Å²) < 4.78 is 0. The van der Waals surface area contributed by atoms with Crippen molar-refractivity contribution in [3.8, 4) is 0 Å². The summed E-state index contributed by atoms with van der Waals surface area (Å²) >= 11 is 0. The largest absolute Gasteiger partial charge is 0.396 e. The van der Waals surface area contributed by atoms with E-state index < -0.39 is 0 Å². The molecule has 0 bridgehead atoms. The Kier molecular flexibility index (Phi) is 2.25. The van der Waals surface area contributed by atoms with Crippen molar-refractivity contribution in [2.45, 2.75) is 6.04 Å². The van der Waals surface area contributed by atoms with E-state index in [1.54, 1.807) is 12.4 Å². The van der Waals surface area contributed by atoms with E-state index >= 15 is 0 Å². The number of hydrogen-bond donors (Lipinski definition) is 1. The van der Waals surface area contributed by atoms with Crippen molar-refractivity contribution in [2.24, 2.45) is 0 Å². The van der Waals surface area contributed by atoms with Crippen LogP contribution >= 0.6 is 0 Å². The lowest BCUT2D eigenvalue weighted by molar-refractivity contribution is 0.245. The fourth-order valence-corrected chi connectivity index (χ4v) is 1.44. The molecule has 0 unspecified atom stereocenters. The van der Waals surface area contributed by atoms with Gasteiger partial charge in [0.15, 0.2) is 0 Å². The van der Waals surface area contributed by atoms with Crippen LogP contribution in [0.4, 0.5) is 11.6 Å². The van der Waals surface area contributed by atoms with Gasteiger partial charge < -0.3 is 15.5 Å². The number of nitrogens with two attached hydrogens (primary N) is 1. The van der Waals surface area contributed by atoms with Crippen molar-refractivity contribution < 1.29 is 0 Å². The van der Waals surface area contributed by atoms with Crippen molar-refractivity contribution in [1.82, 2.24) is 14.9 Å². The molecule has 1 aliphatic rings. The third kappa shape index (κ3) is 1.63. The highest BCUT2D eigenvalue weighted by atomic mass is 15.3. The molecule has 1 aliphatic heterocycles. The fourth-order valence-electron chi connectivity index (χ4n) is 1.44. The van der Waals surface area contributed by atoms with Crippen molar-refractivity contribution in [3.63, 3.8) is 0 Å². The Morgan fingerprint density at radius 2 is 1.93 bits per heavy atom. The topological polar surface area (TPSA) is 58.3 Å². The van der Waals surface area contributed by atoms with Crippen LogP contribution in [0.3, 0.4) is 0 Å². The maximum absolute atomic E-state index is 5.51. The van der Waals surface area contributed by atoms with Crippen molar-refractivity contribution >= 4 is 11.6 Å². The van der Waals surface area contributed by atoms with E-state index in [1.165, 1.54) is 0 Å². The molecule has 0 atom stereocenters. The first-order valence-corrected chi connectivity index (χ1v) is 4.65. The zero-order valence-electron chi connectivity index (χ0n) is 8.51. The molecular formula is C9H15N5. The predicted molar refractivity (Wildman–Crippen MR) is 56.1 cm³/mol. The molecule has 5 nitrogen and oxygen atoms in total. The summed E-state index contributed by atoms with van der Waals surface area (Å²) in [5.74, 6) is 0.775. The van der Waals surface area contributed by atoms with Crippen LogP contribution in [0.15, 0.2) is 12.4 Å². The van der Waals surface area contributed by atoms with E-state index in [9.17, 15) is 0 Å². The molecule has 5 heteroatoms. The van der Waals surface area contributed by atoms with Crippen molar-refractivity contribution in [3.05, 3.63) is 12.4 Å². The Labute approximate surface area is 83.5 Å². The molecular weight excluding hydrogens is 178 g/mol. The van der Waals surface area contributed by atoms with Gasteiger partial charge in [0.1, 0.15) is 0 Å². The monoisotopic (exact) mass is 193 g/mol. The van der Waals surface area contributed by atoms with Gasteiger partial charge in [-0.25, -0.2) is 9.97 Å². The molecule has 2 N–H and O–H groups in total. The Hall–Kier alpha value is -1.36. The predicted octanol–water partition coefficient (Wildman–Crippen LogP) is -0.191. The third-order valence-corrected chi connectivity index (χ3v) is 2.53. The second kappa shape index (κ2) is 3.42. The van der Waals surface area contributed by atoms with Gasteiger partial charge in [0, 0.05) is 19.1 Å². The molecule has 0 spiro atoms. The maximum Gasteiger partial charge on any atom is 0.225 e. The Morgan fingerprint density at radius 1 is 1.36 bits per heavy atom. The lowest BCUT2D eigenvalue weighted by atomic mass is 10.1. The Balaban J connectivity index is 1.96. The molecule has 2 rings (SSSR count). The third-order valence-electron chi connectivity index (χ3n) is 2.53. The molecule has 76 valence electrons. The van der Waals surface area contributed by atoms with Gasteiger partial charge in [-0.3, -0.25) is 0 Å². The minimum Gasteiger partial charge on any atom is -0.396 e. The number of hydrogen-bond acceptors (Lipinski definition) is 5. The minimum absolute atomic E-state index is 0.610. The number of likely N-dealkylation sites (N-methyl/N-ethyl adjacent to an activating group) is 1. The average Bonchev–Trinajstić information content (AvgIpc) is 2.05. The van der Waals surface area contributed by atoms with Gasteiger partial charge in [-0.15, -0.1) is 0 Å².